The second kappa shape index (κ2) is 10.1. The summed E-state index contributed by atoms with van der Waals surface area (Å²) in [7, 11) is -4.64. The minimum absolute atomic E-state index is 0.0393. The number of aliphatic hydroxyl groups excluding tert-OH is 2. The van der Waals surface area contributed by atoms with Crippen LogP contribution in [0.25, 0.3) is 22.3 Å². The van der Waals surface area contributed by atoms with Crippen LogP contribution in [-0.4, -0.2) is 91.8 Å². The molecule has 2 aliphatic rings. The lowest BCUT2D eigenvalue weighted by Gasteiger charge is -2.20. The molecule has 0 aromatic carbocycles. The van der Waals surface area contributed by atoms with Gasteiger partial charge in [-0.25, -0.2) is 24.5 Å². The number of anilines is 2. The quantitative estimate of drug-likeness (QED) is 0.130. The number of aromatic amines is 1. The predicted molar refractivity (Wildman–Crippen MR) is 133 cm³/mol. The van der Waals surface area contributed by atoms with Gasteiger partial charge in [0.05, 0.1) is 38.1 Å². The highest BCUT2D eigenvalue weighted by atomic mass is 31.2. The van der Waals surface area contributed by atoms with Crippen LogP contribution in [0.5, 0.6) is 0 Å². The summed E-state index contributed by atoms with van der Waals surface area (Å²) in [4.78, 5) is 44.8. The Labute approximate surface area is 223 Å². The Hall–Kier alpha value is -3.55. The van der Waals surface area contributed by atoms with Crippen molar-refractivity contribution >= 4 is 41.9 Å². The first-order valence-corrected chi connectivity index (χ1v) is 13.5. The summed E-state index contributed by atoms with van der Waals surface area (Å²) in [5, 5.41) is 20.9. The van der Waals surface area contributed by atoms with E-state index in [2.05, 4.69) is 29.9 Å². The van der Waals surface area contributed by atoms with Crippen LogP contribution in [0, 0.1) is 0 Å². The van der Waals surface area contributed by atoms with Crippen molar-refractivity contribution in [3.63, 3.8) is 0 Å². The fourth-order valence-corrected chi connectivity index (χ4v) is 5.42. The minimum atomic E-state index is -4.64. The van der Waals surface area contributed by atoms with Crippen molar-refractivity contribution in [1.82, 2.24) is 39.0 Å². The van der Waals surface area contributed by atoms with Gasteiger partial charge in [-0.2, -0.15) is 4.98 Å². The molecule has 214 valence electrons. The molecule has 2 saturated heterocycles. The van der Waals surface area contributed by atoms with Crippen molar-refractivity contribution in [3.8, 4) is 0 Å². The van der Waals surface area contributed by atoms with Crippen LogP contribution in [0.3, 0.4) is 0 Å². The van der Waals surface area contributed by atoms with E-state index in [1.54, 1.807) is 4.57 Å². The zero-order valence-corrected chi connectivity index (χ0v) is 21.4. The van der Waals surface area contributed by atoms with Gasteiger partial charge in [-0.1, -0.05) is 0 Å². The third-order valence-electron chi connectivity index (χ3n) is 6.67. The monoisotopic (exact) mass is 580 g/mol. The molecule has 6 rings (SSSR count). The van der Waals surface area contributed by atoms with Gasteiger partial charge in [0, 0.05) is 12.8 Å². The fourth-order valence-electron chi connectivity index (χ4n) is 4.68. The number of hydrogen-bond donors (Lipinski definition) is 6. The molecule has 20 heteroatoms. The van der Waals surface area contributed by atoms with Crippen LogP contribution in [0.15, 0.2) is 23.8 Å². The van der Waals surface area contributed by atoms with Crippen LogP contribution in [-0.2, 0) is 23.1 Å². The van der Waals surface area contributed by atoms with E-state index in [0.29, 0.717) is 11.2 Å². The summed E-state index contributed by atoms with van der Waals surface area (Å²) < 4.78 is 37.2. The van der Waals surface area contributed by atoms with E-state index in [1.165, 1.54) is 23.5 Å². The molecule has 2 fully saturated rings. The predicted octanol–water partition coefficient (Wildman–Crippen LogP) is -1.45. The van der Waals surface area contributed by atoms with Gasteiger partial charge < -0.3 is 36.0 Å². The topological polar surface area (TPSA) is 274 Å². The Morgan fingerprint density at radius 3 is 2.15 bits per heavy atom. The Bertz CT molecular complexity index is 1660. The van der Waals surface area contributed by atoms with Gasteiger partial charge in [0.1, 0.15) is 36.5 Å². The van der Waals surface area contributed by atoms with E-state index in [4.69, 9.17) is 30.0 Å². The van der Waals surface area contributed by atoms with Crippen LogP contribution in [0.1, 0.15) is 25.3 Å². The maximum atomic E-state index is 12.5. The molecule has 7 unspecified atom stereocenters. The molecule has 40 heavy (non-hydrogen) atoms. The number of nitrogens with one attached hydrogen (secondary N) is 1. The SMILES string of the molecule is Nc1nc2c(ncn2C2CC(O)C(COP(=O)(O)OCC3OC(n4cnc5c(N)ncnc54)CC3O)O2)c(=O)[nH]1. The molecule has 4 aromatic rings. The van der Waals surface area contributed by atoms with E-state index >= 15 is 0 Å². The molecule has 7 atom stereocenters. The van der Waals surface area contributed by atoms with Gasteiger partial charge in [0.25, 0.3) is 5.56 Å². The van der Waals surface area contributed by atoms with E-state index in [1.807, 2.05) is 0 Å². The number of nitrogens with zero attached hydrogens (tertiary/aromatic N) is 7. The second-order valence-electron chi connectivity index (χ2n) is 9.28. The first-order valence-electron chi connectivity index (χ1n) is 12.0. The zero-order valence-electron chi connectivity index (χ0n) is 20.5. The summed E-state index contributed by atoms with van der Waals surface area (Å²) in [5.74, 6) is 0.0778. The zero-order chi connectivity index (χ0) is 28.2. The van der Waals surface area contributed by atoms with Crippen molar-refractivity contribution < 1.29 is 38.2 Å². The standard InChI is InChI=1S/C20H25N10O9P/c21-16-14-17(24-5-23-16)29(6-25-14)12-1-8(31)10(38-12)3-36-40(34,35)37-4-11-9(32)2-13(39-11)30-7-26-15-18(30)27-20(22)28-19(15)33/h5-13,31-32H,1-4H2,(H,34,35)(H2,21,23,24)(H3,22,27,28,33). The Kier molecular flexibility index (Phi) is 6.75. The number of phosphoric ester groups is 1. The molecule has 8 N–H and O–H groups in total. The van der Waals surface area contributed by atoms with Crippen molar-refractivity contribution in [2.24, 2.45) is 0 Å². The summed E-state index contributed by atoms with van der Waals surface area (Å²) >= 11 is 0. The van der Waals surface area contributed by atoms with Crippen molar-refractivity contribution in [1.29, 1.82) is 0 Å². The van der Waals surface area contributed by atoms with E-state index in [-0.39, 0.29) is 35.8 Å². The maximum absolute atomic E-state index is 12.5. The van der Waals surface area contributed by atoms with E-state index in [9.17, 15) is 24.5 Å². The number of fused-ring (bicyclic) bond motifs is 2. The number of phosphoric acid groups is 1. The lowest BCUT2D eigenvalue weighted by atomic mass is 10.2. The van der Waals surface area contributed by atoms with Gasteiger partial charge >= 0.3 is 7.82 Å². The smallest absolute Gasteiger partial charge is 0.390 e. The number of ether oxygens (including phenoxy) is 2. The van der Waals surface area contributed by atoms with Gasteiger partial charge in [-0.3, -0.25) is 28.0 Å². The minimum Gasteiger partial charge on any atom is -0.390 e. The molecule has 0 amide bonds. The normalized spacial score (nSPS) is 28.5. The van der Waals surface area contributed by atoms with Gasteiger partial charge in [0.15, 0.2) is 22.6 Å². The van der Waals surface area contributed by atoms with Crippen molar-refractivity contribution in [2.75, 3.05) is 24.7 Å². The maximum Gasteiger partial charge on any atom is 0.472 e. The highest BCUT2D eigenvalue weighted by Gasteiger charge is 2.40. The largest absolute Gasteiger partial charge is 0.472 e. The highest BCUT2D eigenvalue weighted by Crippen LogP contribution is 2.45. The number of imidazole rings is 2. The number of H-pyrrole nitrogens is 1. The van der Waals surface area contributed by atoms with E-state index < -0.39 is 63.5 Å². The number of rotatable bonds is 8. The lowest BCUT2D eigenvalue weighted by Crippen LogP contribution is -2.28. The molecule has 0 spiro atoms. The summed E-state index contributed by atoms with van der Waals surface area (Å²) in [6.45, 7) is -0.957. The molecule has 4 aromatic heterocycles. The summed E-state index contributed by atoms with van der Waals surface area (Å²) in [6.07, 6.45) is -1.29. The second-order valence-corrected chi connectivity index (χ2v) is 10.7. The third kappa shape index (κ3) is 4.93. The molecule has 0 saturated carbocycles. The molecular weight excluding hydrogens is 555 g/mol. The van der Waals surface area contributed by atoms with Crippen LogP contribution in [0.4, 0.5) is 11.8 Å². The Balaban J connectivity index is 1.04. The van der Waals surface area contributed by atoms with Crippen molar-refractivity contribution in [2.45, 2.75) is 49.7 Å². The van der Waals surface area contributed by atoms with Crippen LogP contribution >= 0.6 is 7.82 Å². The van der Waals surface area contributed by atoms with Crippen LogP contribution in [0.2, 0.25) is 0 Å². The fraction of sp³-hybridized carbons (Fsp3) is 0.500. The molecule has 6 heterocycles. The number of aliphatic hydroxyl groups is 2. The number of hydrogen-bond acceptors (Lipinski definition) is 15. The summed E-state index contributed by atoms with van der Waals surface area (Å²) in [6, 6.07) is 0. The average Bonchev–Trinajstić information content (AvgIpc) is 3.67. The van der Waals surface area contributed by atoms with Gasteiger partial charge in [-0.15, -0.1) is 0 Å². The molecule has 2 aliphatic heterocycles. The van der Waals surface area contributed by atoms with E-state index in [0.717, 1.165) is 0 Å². The Morgan fingerprint density at radius 2 is 1.52 bits per heavy atom. The molecule has 0 radical (unpaired) electrons. The molecule has 0 bridgehead atoms. The number of aromatic nitrogens is 8. The Morgan fingerprint density at radius 1 is 0.950 bits per heavy atom. The van der Waals surface area contributed by atoms with Crippen LogP contribution < -0.4 is 17.0 Å². The third-order valence-corrected chi connectivity index (χ3v) is 7.62. The van der Waals surface area contributed by atoms with Crippen molar-refractivity contribution in [3.05, 3.63) is 29.3 Å². The van der Waals surface area contributed by atoms with Gasteiger partial charge in [-0.05, 0) is 0 Å². The molecule has 19 nitrogen and oxygen atoms in total. The molecular formula is C20H25N10O9P. The average molecular weight is 580 g/mol. The summed E-state index contributed by atoms with van der Waals surface area (Å²) in [5.41, 5.74) is 11.9. The molecule has 0 aliphatic carbocycles. The first-order chi connectivity index (χ1) is 19.1. The lowest BCUT2D eigenvalue weighted by molar-refractivity contribution is -0.0559. The van der Waals surface area contributed by atoms with Gasteiger partial charge in [0.2, 0.25) is 5.95 Å². The highest BCUT2D eigenvalue weighted by molar-refractivity contribution is 7.47. The first kappa shape index (κ1) is 26.7. The number of nitrogens with two attached hydrogens (primary N) is 2. The number of nitrogen functional groups attached to an aromatic ring is 2.